The van der Waals surface area contributed by atoms with Gasteiger partial charge in [-0.1, -0.05) is 17.8 Å². The van der Waals surface area contributed by atoms with Gasteiger partial charge in [0.1, 0.15) is 11.5 Å². The Morgan fingerprint density at radius 1 is 1.16 bits per heavy atom. The number of H-pyrrole nitrogens is 1. The molecule has 0 spiro atoms. The van der Waals surface area contributed by atoms with Crippen molar-refractivity contribution in [2.24, 2.45) is 0 Å². The van der Waals surface area contributed by atoms with Crippen molar-refractivity contribution in [2.75, 3.05) is 5.75 Å². The van der Waals surface area contributed by atoms with E-state index >= 15 is 0 Å². The number of thioether (sulfide) groups is 1. The molecule has 0 aliphatic carbocycles. The van der Waals surface area contributed by atoms with Gasteiger partial charge in [-0.2, -0.15) is 0 Å². The third-order valence-corrected chi connectivity index (χ3v) is 4.21. The lowest BCUT2D eigenvalue weighted by atomic mass is 10.1. The van der Waals surface area contributed by atoms with Crippen molar-refractivity contribution in [3.63, 3.8) is 0 Å². The third kappa shape index (κ3) is 4.57. The fraction of sp³-hybridized carbons (Fsp3) is 0.118. The molecule has 0 bridgehead atoms. The molecule has 2 aromatic heterocycles. The van der Waals surface area contributed by atoms with Crippen LogP contribution >= 0.6 is 11.8 Å². The van der Waals surface area contributed by atoms with Crippen molar-refractivity contribution in [3.8, 4) is 0 Å². The van der Waals surface area contributed by atoms with Gasteiger partial charge in [-0.05, 0) is 35.9 Å². The summed E-state index contributed by atoms with van der Waals surface area (Å²) in [6.07, 6.45) is 3.64. The maximum absolute atomic E-state index is 12.9. The van der Waals surface area contributed by atoms with Crippen LogP contribution in [0.2, 0.25) is 0 Å². The predicted octanol–water partition coefficient (Wildman–Crippen LogP) is 2.26. The van der Waals surface area contributed by atoms with Crippen molar-refractivity contribution < 1.29 is 9.18 Å². The molecule has 1 N–H and O–H groups in total. The van der Waals surface area contributed by atoms with E-state index in [2.05, 4.69) is 20.2 Å². The first kappa shape index (κ1) is 17.0. The number of ketones is 1. The molecule has 6 nitrogen and oxygen atoms in total. The number of pyridine rings is 1. The molecule has 3 rings (SSSR count). The number of carbonyl (C=O) groups excluding carboxylic acids is 1. The van der Waals surface area contributed by atoms with Crippen molar-refractivity contribution in [3.05, 3.63) is 81.8 Å². The first-order valence-electron chi connectivity index (χ1n) is 7.38. The Labute approximate surface area is 146 Å². The van der Waals surface area contributed by atoms with Crippen LogP contribution in [0, 0.1) is 5.82 Å². The van der Waals surface area contributed by atoms with Crippen LogP contribution in [-0.2, 0) is 6.42 Å². The molecule has 0 saturated heterocycles. The molecule has 126 valence electrons. The summed E-state index contributed by atoms with van der Waals surface area (Å²) in [5, 5.41) is 8.13. The van der Waals surface area contributed by atoms with E-state index in [-0.39, 0.29) is 27.9 Å². The van der Waals surface area contributed by atoms with Gasteiger partial charge in [-0.3, -0.25) is 19.6 Å². The maximum Gasteiger partial charge on any atom is 0.273 e. The molecule has 0 saturated carbocycles. The van der Waals surface area contributed by atoms with Crippen LogP contribution in [0.4, 0.5) is 4.39 Å². The minimum Gasteiger partial charge on any atom is -0.298 e. The zero-order chi connectivity index (χ0) is 17.6. The van der Waals surface area contributed by atoms with Gasteiger partial charge in [-0.15, -0.1) is 10.2 Å². The second kappa shape index (κ2) is 7.80. The Kier molecular flexibility index (Phi) is 5.30. The normalized spacial score (nSPS) is 10.6. The smallest absolute Gasteiger partial charge is 0.273 e. The standard InChI is InChI=1S/C17H13FN4O2S/c18-13-5-3-12(4-6-13)15(23)10-25-17-20-16(24)14(21-22-17)8-11-2-1-7-19-9-11/h1-7,9H,8,10H2,(H,20,22,24). The zero-order valence-electron chi connectivity index (χ0n) is 13.0. The van der Waals surface area contributed by atoms with Crippen molar-refractivity contribution in [1.82, 2.24) is 20.2 Å². The number of nitrogens with one attached hydrogen (secondary N) is 1. The quantitative estimate of drug-likeness (QED) is 0.538. The molecule has 2 heterocycles. The number of aromatic amines is 1. The molecular formula is C17H13FN4O2S. The van der Waals surface area contributed by atoms with E-state index in [1.807, 2.05) is 6.07 Å². The molecule has 0 aliphatic heterocycles. The second-order valence-corrected chi connectivity index (χ2v) is 6.13. The summed E-state index contributed by atoms with van der Waals surface area (Å²) in [4.78, 5) is 30.7. The molecule has 0 atom stereocenters. The number of aromatic nitrogens is 4. The largest absolute Gasteiger partial charge is 0.298 e. The first-order chi connectivity index (χ1) is 12.1. The first-order valence-corrected chi connectivity index (χ1v) is 8.37. The Morgan fingerprint density at radius 2 is 1.96 bits per heavy atom. The van der Waals surface area contributed by atoms with Crippen molar-refractivity contribution in [1.29, 1.82) is 0 Å². The number of halogens is 1. The summed E-state index contributed by atoms with van der Waals surface area (Å²) in [7, 11) is 0. The minimum absolute atomic E-state index is 0.0677. The maximum atomic E-state index is 12.9. The van der Waals surface area contributed by atoms with Gasteiger partial charge in [0.05, 0.1) is 5.75 Å². The van der Waals surface area contributed by atoms with Crippen LogP contribution in [-0.4, -0.2) is 31.7 Å². The topological polar surface area (TPSA) is 88.6 Å². The number of benzene rings is 1. The van der Waals surface area contributed by atoms with E-state index < -0.39 is 5.82 Å². The molecule has 0 amide bonds. The highest BCUT2D eigenvalue weighted by Gasteiger charge is 2.10. The van der Waals surface area contributed by atoms with Crippen LogP contribution in [0.5, 0.6) is 0 Å². The fourth-order valence-corrected chi connectivity index (χ4v) is 2.77. The van der Waals surface area contributed by atoms with Gasteiger partial charge < -0.3 is 0 Å². The van der Waals surface area contributed by atoms with Crippen molar-refractivity contribution >= 4 is 17.5 Å². The average molecular weight is 356 g/mol. The second-order valence-electron chi connectivity index (χ2n) is 5.16. The Hall–Kier alpha value is -2.87. The van der Waals surface area contributed by atoms with E-state index in [1.54, 1.807) is 18.5 Å². The number of carbonyl (C=O) groups is 1. The van der Waals surface area contributed by atoms with Gasteiger partial charge in [0.2, 0.25) is 0 Å². The SMILES string of the molecule is O=C(CSc1nnc(Cc2cccnc2)c(=O)[nH]1)c1ccc(F)cc1. The molecule has 1 aromatic carbocycles. The summed E-state index contributed by atoms with van der Waals surface area (Å²) < 4.78 is 12.9. The van der Waals surface area contributed by atoms with Gasteiger partial charge in [-0.25, -0.2) is 4.39 Å². The number of Topliss-reactive ketones (excluding diaryl/α,β-unsaturated/α-hetero) is 1. The van der Waals surface area contributed by atoms with E-state index in [0.717, 1.165) is 17.3 Å². The number of rotatable bonds is 6. The highest BCUT2D eigenvalue weighted by atomic mass is 32.2. The number of nitrogens with zero attached hydrogens (tertiary/aromatic N) is 3. The Bertz CT molecular complexity index is 929. The van der Waals surface area contributed by atoms with E-state index in [9.17, 15) is 14.0 Å². The summed E-state index contributed by atoms with van der Waals surface area (Å²) in [5.41, 5.74) is 1.18. The summed E-state index contributed by atoms with van der Waals surface area (Å²) in [6.45, 7) is 0. The van der Waals surface area contributed by atoms with E-state index in [4.69, 9.17) is 0 Å². The highest BCUT2D eigenvalue weighted by molar-refractivity contribution is 7.99. The van der Waals surface area contributed by atoms with Crippen LogP contribution in [0.25, 0.3) is 0 Å². The highest BCUT2D eigenvalue weighted by Crippen LogP contribution is 2.14. The minimum atomic E-state index is -0.399. The molecule has 0 unspecified atom stereocenters. The predicted molar refractivity (Wildman–Crippen MR) is 91.2 cm³/mol. The lowest BCUT2D eigenvalue weighted by Gasteiger charge is -2.02. The van der Waals surface area contributed by atoms with Gasteiger partial charge in [0, 0.05) is 24.4 Å². The Balaban J connectivity index is 1.64. The summed E-state index contributed by atoms with van der Waals surface area (Å²) in [5.74, 6) is -0.520. The van der Waals surface area contributed by atoms with E-state index in [0.29, 0.717) is 12.0 Å². The molecule has 0 fully saturated rings. The lowest BCUT2D eigenvalue weighted by molar-refractivity contribution is 0.102. The monoisotopic (exact) mass is 356 g/mol. The van der Waals surface area contributed by atoms with Gasteiger partial charge in [0.15, 0.2) is 10.9 Å². The van der Waals surface area contributed by atoms with E-state index in [1.165, 1.54) is 24.3 Å². The molecule has 0 radical (unpaired) electrons. The molecule has 0 aliphatic rings. The van der Waals surface area contributed by atoms with Crippen LogP contribution in [0.15, 0.2) is 58.7 Å². The number of hydrogen-bond donors (Lipinski definition) is 1. The average Bonchev–Trinajstić information content (AvgIpc) is 2.63. The van der Waals surface area contributed by atoms with Crippen LogP contribution < -0.4 is 5.56 Å². The van der Waals surface area contributed by atoms with Gasteiger partial charge >= 0.3 is 0 Å². The molecule has 8 heteroatoms. The van der Waals surface area contributed by atoms with Crippen LogP contribution in [0.1, 0.15) is 21.6 Å². The van der Waals surface area contributed by atoms with Crippen LogP contribution in [0.3, 0.4) is 0 Å². The summed E-state index contributed by atoms with van der Waals surface area (Å²) in [6, 6.07) is 8.92. The fourth-order valence-electron chi connectivity index (χ4n) is 2.08. The lowest BCUT2D eigenvalue weighted by Crippen LogP contribution is -2.18. The third-order valence-electron chi connectivity index (χ3n) is 3.34. The molecular weight excluding hydrogens is 343 g/mol. The number of hydrogen-bond acceptors (Lipinski definition) is 6. The Morgan fingerprint density at radius 3 is 2.64 bits per heavy atom. The molecule has 25 heavy (non-hydrogen) atoms. The van der Waals surface area contributed by atoms with Crippen molar-refractivity contribution in [2.45, 2.75) is 11.6 Å². The zero-order valence-corrected chi connectivity index (χ0v) is 13.8. The summed E-state index contributed by atoms with van der Waals surface area (Å²) >= 11 is 1.07. The molecule has 3 aromatic rings. The van der Waals surface area contributed by atoms with Gasteiger partial charge in [0.25, 0.3) is 5.56 Å².